The van der Waals surface area contributed by atoms with E-state index in [4.69, 9.17) is 28.9 Å². The molecule has 0 aliphatic carbocycles. The summed E-state index contributed by atoms with van der Waals surface area (Å²) in [5.74, 6) is 0.284. The van der Waals surface area contributed by atoms with Crippen LogP contribution in [0.15, 0.2) is 66.9 Å². The van der Waals surface area contributed by atoms with Gasteiger partial charge in [-0.2, -0.15) is 0 Å². The number of hydrogen-bond acceptors (Lipinski definition) is 4. The fourth-order valence-corrected chi connectivity index (χ4v) is 5.71. The highest BCUT2D eigenvalue weighted by Crippen LogP contribution is 2.33. The van der Waals surface area contributed by atoms with Gasteiger partial charge < -0.3 is 15.4 Å². The molecule has 37 heavy (non-hydrogen) atoms. The summed E-state index contributed by atoms with van der Waals surface area (Å²) in [4.78, 5) is 4.95. The number of piperazine rings is 1. The maximum atomic E-state index is 9.78. The van der Waals surface area contributed by atoms with Crippen molar-refractivity contribution in [2.45, 2.75) is 32.5 Å². The molecule has 0 atom stereocenters. The minimum Gasteiger partial charge on any atom is -0.508 e. The normalized spacial score (nSPS) is 15.0. The van der Waals surface area contributed by atoms with Gasteiger partial charge in [-0.15, -0.1) is 0 Å². The maximum Gasteiger partial charge on any atom is 0.115 e. The van der Waals surface area contributed by atoms with Crippen LogP contribution in [0.25, 0.3) is 22.0 Å². The molecule has 1 aliphatic heterocycles. The molecular weight excluding hydrogens is 503 g/mol. The van der Waals surface area contributed by atoms with Gasteiger partial charge in [-0.1, -0.05) is 47.5 Å². The molecule has 1 aromatic heterocycles. The van der Waals surface area contributed by atoms with Crippen LogP contribution in [0.3, 0.4) is 0 Å². The van der Waals surface area contributed by atoms with E-state index in [9.17, 15) is 5.11 Å². The third-order valence-corrected chi connectivity index (χ3v) is 8.00. The highest BCUT2D eigenvalue weighted by molar-refractivity contribution is 6.35. The van der Waals surface area contributed by atoms with Gasteiger partial charge in [0.15, 0.2) is 0 Å². The molecule has 1 saturated heterocycles. The quantitative estimate of drug-likeness (QED) is 0.244. The van der Waals surface area contributed by atoms with Crippen LogP contribution in [0.2, 0.25) is 10.0 Å². The second-order valence-electron chi connectivity index (χ2n) is 9.88. The highest BCUT2D eigenvalue weighted by Gasteiger charge is 2.20. The SMILES string of the molecule is NCCCCn1cc(-c2ccc(O)cc2)c2cc(CN3CCN(Cc4c(Cl)cccc4Cl)CC3)ccc21. The first-order chi connectivity index (χ1) is 18.0. The van der Waals surface area contributed by atoms with Gasteiger partial charge in [0.05, 0.1) is 0 Å². The van der Waals surface area contributed by atoms with Crippen molar-refractivity contribution >= 4 is 34.1 Å². The molecule has 0 radical (unpaired) electrons. The molecule has 4 aromatic rings. The van der Waals surface area contributed by atoms with Gasteiger partial charge >= 0.3 is 0 Å². The smallest absolute Gasteiger partial charge is 0.115 e. The Labute approximate surface area is 229 Å². The van der Waals surface area contributed by atoms with E-state index in [0.717, 1.165) is 79.8 Å². The summed E-state index contributed by atoms with van der Waals surface area (Å²) in [6.45, 7) is 7.35. The number of nitrogens with two attached hydrogens (primary N) is 1. The lowest BCUT2D eigenvalue weighted by atomic mass is 10.0. The Hall–Kier alpha value is -2.54. The number of unbranched alkanes of at least 4 members (excludes halogenated alkanes) is 1. The lowest BCUT2D eigenvalue weighted by molar-refractivity contribution is 0.122. The van der Waals surface area contributed by atoms with E-state index >= 15 is 0 Å². The van der Waals surface area contributed by atoms with Crippen molar-refractivity contribution in [2.24, 2.45) is 5.73 Å². The van der Waals surface area contributed by atoms with Gasteiger partial charge in [0, 0.05) is 84.1 Å². The molecule has 3 N–H and O–H groups in total. The van der Waals surface area contributed by atoms with E-state index in [1.807, 2.05) is 30.3 Å². The fourth-order valence-electron chi connectivity index (χ4n) is 5.20. The zero-order chi connectivity index (χ0) is 25.8. The first-order valence-electron chi connectivity index (χ1n) is 13.0. The zero-order valence-corrected chi connectivity index (χ0v) is 22.6. The predicted octanol–water partition coefficient (Wildman–Crippen LogP) is 6.38. The highest BCUT2D eigenvalue weighted by atomic mass is 35.5. The molecule has 0 bridgehead atoms. The summed E-state index contributed by atoms with van der Waals surface area (Å²) >= 11 is 12.8. The van der Waals surface area contributed by atoms with Gasteiger partial charge in [0.2, 0.25) is 0 Å². The molecule has 0 saturated carbocycles. The number of aromatic hydroxyl groups is 1. The van der Waals surface area contributed by atoms with Gasteiger partial charge in [-0.25, -0.2) is 0 Å². The third-order valence-electron chi connectivity index (χ3n) is 7.29. The van der Waals surface area contributed by atoms with Crippen molar-refractivity contribution in [2.75, 3.05) is 32.7 Å². The predicted molar refractivity (Wildman–Crippen MR) is 154 cm³/mol. The summed E-state index contributed by atoms with van der Waals surface area (Å²) in [7, 11) is 0. The van der Waals surface area contributed by atoms with Crippen LogP contribution in [0.1, 0.15) is 24.0 Å². The molecule has 5 rings (SSSR count). The summed E-state index contributed by atoms with van der Waals surface area (Å²) in [6.07, 6.45) is 4.32. The average Bonchev–Trinajstić information content (AvgIpc) is 3.26. The van der Waals surface area contributed by atoms with E-state index in [0.29, 0.717) is 6.54 Å². The van der Waals surface area contributed by atoms with E-state index in [2.05, 4.69) is 38.8 Å². The van der Waals surface area contributed by atoms with Crippen LogP contribution >= 0.6 is 23.2 Å². The Bertz CT molecular complexity index is 1320. The van der Waals surface area contributed by atoms with E-state index < -0.39 is 0 Å². The molecular formula is C30H34Cl2N4O. The van der Waals surface area contributed by atoms with Crippen LogP contribution in [0, 0.1) is 0 Å². The monoisotopic (exact) mass is 536 g/mol. The molecule has 0 amide bonds. The topological polar surface area (TPSA) is 57.7 Å². The molecule has 2 heterocycles. The number of hydrogen-bond donors (Lipinski definition) is 2. The molecule has 5 nitrogen and oxygen atoms in total. The molecule has 0 unspecified atom stereocenters. The first-order valence-corrected chi connectivity index (χ1v) is 13.8. The van der Waals surface area contributed by atoms with Crippen LogP contribution in [0.5, 0.6) is 5.75 Å². The van der Waals surface area contributed by atoms with E-state index in [1.165, 1.54) is 22.0 Å². The number of aromatic nitrogens is 1. The second-order valence-corrected chi connectivity index (χ2v) is 10.7. The minimum atomic E-state index is 0.284. The van der Waals surface area contributed by atoms with Crippen LogP contribution in [-0.4, -0.2) is 52.2 Å². The largest absolute Gasteiger partial charge is 0.508 e. The van der Waals surface area contributed by atoms with Gasteiger partial charge in [0.1, 0.15) is 5.75 Å². The summed E-state index contributed by atoms with van der Waals surface area (Å²) < 4.78 is 2.34. The number of rotatable bonds is 9. The Morgan fingerprint density at radius 1 is 0.811 bits per heavy atom. The van der Waals surface area contributed by atoms with Gasteiger partial charge in [-0.3, -0.25) is 9.80 Å². The van der Waals surface area contributed by atoms with Crippen LogP contribution < -0.4 is 5.73 Å². The van der Waals surface area contributed by atoms with Crippen molar-refractivity contribution in [3.8, 4) is 16.9 Å². The second kappa shape index (κ2) is 11.9. The third kappa shape index (κ3) is 6.14. The number of aryl methyl sites for hydroxylation is 1. The molecule has 0 spiro atoms. The molecule has 1 fully saturated rings. The first kappa shape index (κ1) is 26.1. The number of phenols is 1. The number of nitrogens with zero attached hydrogens (tertiary/aromatic N) is 3. The standard InChI is InChI=1S/C30H34Cl2N4O/c31-28-4-3-5-29(32)27(28)20-35-16-14-34(15-17-35)19-22-6-11-30-25(18-22)26(21-36(30)13-2-1-12-33)23-7-9-24(37)10-8-23/h3-11,18,21,37H,1-2,12-17,19-20,33H2. The molecule has 3 aromatic carbocycles. The van der Waals surface area contributed by atoms with E-state index in [1.54, 1.807) is 12.1 Å². The summed E-state index contributed by atoms with van der Waals surface area (Å²) in [5, 5.41) is 12.5. The maximum absolute atomic E-state index is 9.78. The van der Waals surface area contributed by atoms with Crippen LogP contribution in [0.4, 0.5) is 0 Å². The average molecular weight is 538 g/mol. The van der Waals surface area contributed by atoms with Crippen LogP contribution in [-0.2, 0) is 19.6 Å². The van der Waals surface area contributed by atoms with Crippen molar-refractivity contribution in [3.63, 3.8) is 0 Å². The number of halogens is 2. The van der Waals surface area contributed by atoms with Crippen molar-refractivity contribution in [3.05, 3.63) is 88.0 Å². The number of fused-ring (bicyclic) bond motifs is 1. The zero-order valence-electron chi connectivity index (χ0n) is 21.0. The molecule has 7 heteroatoms. The Kier molecular flexibility index (Phi) is 8.38. The molecule has 194 valence electrons. The lowest BCUT2D eigenvalue weighted by Gasteiger charge is -2.35. The Morgan fingerprint density at radius 3 is 2.16 bits per heavy atom. The minimum absolute atomic E-state index is 0.284. The van der Waals surface area contributed by atoms with E-state index in [-0.39, 0.29) is 5.75 Å². The van der Waals surface area contributed by atoms with Gasteiger partial charge in [-0.05, 0) is 66.9 Å². The number of phenolic OH excluding ortho intramolecular Hbond substituents is 1. The summed E-state index contributed by atoms with van der Waals surface area (Å²) in [6, 6.07) is 20.1. The Balaban J connectivity index is 1.31. The van der Waals surface area contributed by atoms with Crippen molar-refractivity contribution in [1.29, 1.82) is 0 Å². The summed E-state index contributed by atoms with van der Waals surface area (Å²) in [5.41, 5.74) is 11.6. The lowest BCUT2D eigenvalue weighted by Crippen LogP contribution is -2.45. The van der Waals surface area contributed by atoms with Gasteiger partial charge in [0.25, 0.3) is 0 Å². The fraction of sp³-hybridized carbons (Fsp3) is 0.333. The van der Waals surface area contributed by atoms with Crippen molar-refractivity contribution < 1.29 is 5.11 Å². The Morgan fingerprint density at radius 2 is 1.49 bits per heavy atom. The number of benzene rings is 3. The van der Waals surface area contributed by atoms with Crippen molar-refractivity contribution in [1.82, 2.24) is 14.4 Å². The molecule has 1 aliphatic rings.